The maximum absolute atomic E-state index is 12.1. The first-order valence-corrected chi connectivity index (χ1v) is 8.12. The van der Waals surface area contributed by atoms with E-state index < -0.39 is 0 Å². The second kappa shape index (κ2) is 8.10. The number of para-hydroxylation sites is 1. The van der Waals surface area contributed by atoms with Gasteiger partial charge in [-0.05, 0) is 30.2 Å². The summed E-state index contributed by atoms with van der Waals surface area (Å²) >= 11 is 0. The Morgan fingerprint density at radius 1 is 1.20 bits per heavy atom. The van der Waals surface area contributed by atoms with Crippen LogP contribution in [0.25, 0.3) is 0 Å². The molecule has 2 heterocycles. The fourth-order valence-electron chi connectivity index (χ4n) is 2.39. The molecule has 0 saturated heterocycles. The van der Waals surface area contributed by atoms with Crippen LogP contribution in [0.3, 0.4) is 0 Å². The van der Waals surface area contributed by atoms with Crippen molar-refractivity contribution in [2.45, 2.75) is 19.4 Å². The molecule has 128 valence electrons. The topological polar surface area (TPSA) is 69.0 Å². The van der Waals surface area contributed by atoms with Gasteiger partial charge in [-0.25, -0.2) is 4.98 Å². The highest BCUT2D eigenvalue weighted by atomic mass is 16.5. The fraction of sp³-hybridized carbons (Fsp3) is 0.211. The van der Waals surface area contributed by atoms with Gasteiger partial charge in [-0.1, -0.05) is 24.3 Å². The smallest absolute Gasteiger partial charge is 0.224 e. The third kappa shape index (κ3) is 4.91. The molecule has 0 atom stereocenters. The molecule has 0 radical (unpaired) electrons. The minimum Gasteiger partial charge on any atom is -0.439 e. The van der Waals surface area contributed by atoms with Crippen molar-refractivity contribution in [3.63, 3.8) is 0 Å². The number of rotatable bonds is 7. The van der Waals surface area contributed by atoms with E-state index in [4.69, 9.17) is 4.74 Å². The molecule has 1 amide bonds. The van der Waals surface area contributed by atoms with Crippen LogP contribution in [0.4, 0.5) is 0 Å². The summed E-state index contributed by atoms with van der Waals surface area (Å²) < 4.78 is 7.53. The number of nitrogens with zero attached hydrogens (tertiary/aromatic N) is 3. The van der Waals surface area contributed by atoms with Gasteiger partial charge in [-0.3, -0.25) is 9.48 Å². The molecule has 0 aliphatic carbocycles. The molecule has 3 aromatic rings. The number of nitrogens with one attached hydrogen (secondary N) is 1. The quantitative estimate of drug-likeness (QED) is 0.720. The Bertz CT molecular complexity index is 830. The zero-order chi connectivity index (χ0) is 17.5. The van der Waals surface area contributed by atoms with Crippen molar-refractivity contribution in [2.75, 3.05) is 0 Å². The van der Waals surface area contributed by atoms with E-state index in [1.54, 1.807) is 17.1 Å². The van der Waals surface area contributed by atoms with Gasteiger partial charge in [0.1, 0.15) is 5.75 Å². The molecule has 25 heavy (non-hydrogen) atoms. The lowest BCUT2D eigenvalue weighted by Crippen LogP contribution is -2.23. The number of ether oxygens (including phenoxy) is 1. The van der Waals surface area contributed by atoms with E-state index >= 15 is 0 Å². The van der Waals surface area contributed by atoms with E-state index in [0.717, 1.165) is 11.1 Å². The Kier molecular flexibility index (Phi) is 5.41. The van der Waals surface area contributed by atoms with Gasteiger partial charge in [0, 0.05) is 38.0 Å². The lowest BCUT2D eigenvalue weighted by atomic mass is 10.2. The summed E-state index contributed by atoms with van der Waals surface area (Å²) in [6.45, 7) is 0.377. The molecule has 0 bridgehead atoms. The largest absolute Gasteiger partial charge is 0.439 e. The summed E-state index contributed by atoms with van der Waals surface area (Å²) in [5.41, 5.74) is 1.88. The van der Waals surface area contributed by atoms with Crippen LogP contribution < -0.4 is 10.1 Å². The summed E-state index contributed by atoms with van der Waals surface area (Å²) in [5.74, 6) is 1.20. The lowest BCUT2D eigenvalue weighted by Gasteiger charge is -2.10. The number of aromatic nitrogens is 3. The number of pyridine rings is 1. The molecule has 0 aliphatic heterocycles. The van der Waals surface area contributed by atoms with Crippen molar-refractivity contribution < 1.29 is 9.53 Å². The van der Waals surface area contributed by atoms with E-state index in [-0.39, 0.29) is 5.91 Å². The minimum absolute atomic E-state index is 0.0154. The predicted molar refractivity (Wildman–Crippen MR) is 94.1 cm³/mol. The van der Waals surface area contributed by atoms with Gasteiger partial charge in [0.15, 0.2) is 0 Å². The number of carbonyl (C=O) groups excluding carboxylic acids is 1. The van der Waals surface area contributed by atoms with Crippen molar-refractivity contribution in [3.8, 4) is 11.6 Å². The number of aryl methyl sites for hydroxylation is 2. The molecular weight excluding hydrogens is 316 g/mol. The highest BCUT2D eigenvalue weighted by molar-refractivity contribution is 5.76. The van der Waals surface area contributed by atoms with Gasteiger partial charge in [0.05, 0.1) is 6.20 Å². The number of benzene rings is 1. The fourth-order valence-corrected chi connectivity index (χ4v) is 2.39. The molecule has 0 saturated carbocycles. The number of carbonyl (C=O) groups is 1. The normalized spacial score (nSPS) is 10.4. The standard InChI is InChI=1S/C19H20N4O2/c1-23-14-15(12-22-23)9-10-18(24)21-13-16-6-5-11-20-19(16)25-17-7-3-2-4-8-17/h2-8,11-12,14H,9-10,13H2,1H3,(H,21,24). The molecule has 0 fully saturated rings. The third-order valence-corrected chi connectivity index (χ3v) is 3.68. The molecule has 3 rings (SSSR count). The van der Waals surface area contributed by atoms with Crippen LogP contribution in [0.15, 0.2) is 61.1 Å². The predicted octanol–water partition coefficient (Wildman–Crippen LogP) is 2.86. The molecule has 1 aromatic carbocycles. The first-order chi connectivity index (χ1) is 12.2. The van der Waals surface area contributed by atoms with Gasteiger partial charge < -0.3 is 10.1 Å². The van der Waals surface area contributed by atoms with Crippen molar-refractivity contribution in [1.82, 2.24) is 20.1 Å². The van der Waals surface area contributed by atoms with Gasteiger partial charge in [-0.2, -0.15) is 5.10 Å². The van der Waals surface area contributed by atoms with Crippen molar-refractivity contribution in [2.24, 2.45) is 7.05 Å². The van der Waals surface area contributed by atoms with Gasteiger partial charge in [-0.15, -0.1) is 0 Å². The van der Waals surface area contributed by atoms with Crippen molar-refractivity contribution in [3.05, 3.63) is 72.2 Å². The van der Waals surface area contributed by atoms with Crippen LogP contribution in [-0.2, 0) is 24.8 Å². The van der Waals surface area contributed by atoms with E-state index in [0.29, 0.717) is 31.0 Å². The first-order valence-electron chi connectivity index (χ1n) is 8.12. The summed E-state index contributed by atoms with van der Waals surface area (Å²) in [4.78, 5) is 16.3. The SMILES string of the molecule is Cn1cc(CCC(=O)NCc2cccnc2Oc2ccccc2)cn1. The highest BCUT2D eigenvalue weighted by Crippen LogP contribution is 2.22. The maximum atomic E-state index is 12.1. The molecule has 6 nitrogen and oxygen atoms in total. The first kappa shape index (κ1) is 16.7. The van der Waals surface area contributed by atoms with Crippen LogP contribution >= 0.6 is 0 Å². The molecule has 1 N–H and O–H groups in total. The van der Waals surface area contributed by atoms with E-state index in [1.807, 2.05) is 55.7 Å². The Morgan fingerprint density at radius 3 is 2.80 bits per heavy atom. The summed E-state index contributed by atoms with van der Waals surface area (Å²) in [5, 5.41) is 7.02. The van der Waals surface area contributed by atoms with Crippen molar-refractivity contribution >= 4 is 5.91 Å². The van der Waals surface area contributed by atoms with Crippen LogP contribution in [0.2, 0.25) is 0 Å². The third-order valence-electron chi connectivity index (χ3n) is 3.68. The van der Waals surface area contributed by atoms with E-state index in [1.165, 1.54) is 0 Å². The van der Waals surface area contributed by atoms with Crippen LogP contribution in [0, 0.1) is 0 Å². The average molecular weight is 336 g/mol. The van der Waals surface area contributed by atoms with Gasteiger partial charge in [0.25, 0.3) is 0 Å². The Balaban J connectivity index is 1.55. The van der Waals surface area contributed by atoms with E-state index in [2.05, 4.69) is 15.4 Å². The summed E-state index contributed by atoms with van der Waals surface area (Å²) in [7, 11) is 1.86. The average Bonchev–Trinajstić information content (AvgIpc) is 3.05. The second-order valence-electron chi connectivity index (χ2n) is 5.68. The number of hydrogen-bond acceptors (Lipinski definition) is 4. The molecular formula is C19H20N4O2. The molecule has 0 aliphatic rings. The zero-order valence-corrected chi connectivity index (χ0v) is 14.1. The molecule has 0 unspecified atom stereocenters. The van der Waals surface area contributed by atoms with Crippen molar-refractivity contribution in [1.29, 1.82) is 0 Å². The Hall–Kier alpha value is -3.15. The molecule has 2 aromatic heterocycles. The highest BCUT2D eigenvalue weighted by Gasteiger charge is 2.09. The zero-order valence-electron chi connectivity index (χ0n) is 14.1. The number of amides is 1. The molecule has 0 spiro atoms. The van der Waals surface area contributed by atoms with Gasteiger partial charge >= 0.3 is 0 Å². The number of hydrogen-bond donors (Lipinski definition) is 1. The molecule has 6 heteroatoms. The monoisotopic (exact) mass is 336 g/mol. The van der Waals surface area contributed by atoms with Crippen LogP contribution in [0.5, 0.6) is 11.6 Å². The van der Waals surface area contributed by atoms with E-state index in [9.17, 15) is 4.79 Å². The Labute approximate surface area is 146 Å². The minimum atomic E-state index is -0.0154. The van der Waals surface area contributed by atoms with Crippen LogP contribution in [-0.4, -0.2) is 20.7 Å². The summed E-state index contributed by atoms with van der Waals surface area (Å²) in [6.07, 6.45) is 6.45. The maximum Gasteiger partial charge on any atom is 0.224 e. The second-order valence-corrected chi connectivity index (χ2v) is 5.68. The Morgan fingerprint density at radius 2 is 2.04 bits per heavy atom. The van der Waals surface area contributed by atoms with Gasteiger partial charge in [0.2, 0.25) is 11.8 Å². The summed E-state index contributed by atoms with van der Waals surface area (Å²) in [6, 6.07) is 13.2. The lowest BCUT2D eigenvalue weighted by molar-refractivity contribution is -0.121. The van der Waals surface area contributed by atoms with Crippen LogP contribution in [0.1, 0.15) is 17.5 Å².